The van der Waals surface area contributed by atoms with Crippen LogP contribution in [-0.4, -0.2) is 33.5 Å². The second-order valence-electron chi connectivity index (χ2n) is 2.66. The van der Waals surface area contributed by atoms with Gasteiger partial charge in [0.2, 0.25) is 0 Å². The van der Waals surface area contributed by atoms with Gasteiger partial charge < -0.3 is 17.0 Å². The second kappa shape index (κ2) is 4.77. The van der Waals surface area contributed by atoms with Crippen molar-refractivity contribution in [2.24, 2.45) is 0 Å². The quantitative estimate of drug-likeness (QED) is 0.491. The van der Waals surface area contributed by atoms with Gasteiger partial charge in [-0.05, 0) is 23.5 Å². The zero-order chi connectivity index (χ0) is 6.81. The molecule has 0 saturated carbocycles. The molecule has 2 aliphatic heterocycles. The number of hydrogen-bond acceptors (Lipinski definition) is 2. The summed E-state index contributed by atoms with van der Waals surface area (Å²) in [6.07, 6.45) is 2.77. The molecule has 0 saturated heterocycles. The Labute approximate surface area is 86.8 Å². The highest BCUT2D eigenvalue weighted by Crippen LogP contribution is 2.25. The maximum absolute atomic E-state index is 2.54. The zero-order valence-electron chi connectivity index (χ0n) is 6.38. The van der Waals surface area contributed by atoms with Crippen molar-refractivity contribution in [3.05, 3.63) is 0 Å². The molecule has 0 radical (unpaired) electrons. The number of hydrogen-bond donors (Lipinski definition) is 0. The van der Waals surface area contributed by atoms with E-state index in [1.165, 1.54) is 37.4 Å². The first kappa shape index (κ1) is 9.93. The fourth-order valence-electron chi connectivity index (χ4n) is 1.35. The summed E-state index contributed by atoms with van der Waals surface area (Å²) in [6, 6.07) is 0. The van der Waals surface area contributed by atoms with Gasteiger partial charge in [0.15, 0.2) is 0 Å². The molecule has 0 N–H and O–H groups in total. The van der Waals surface area contributed by atoms with Gasteiger partial charge in [-0.15, -0.1) is 0 Å². The maximum atomic E-state index is 2.54. The van der Waals surface area contributed by atoms with Crippen LogP contribution in [0.25, 0.3) is 0 Å². The Hall–Kier alpha value is 0.850. The van der Waals surface area contributed by atoms with Gasteiger partial charge in [0, 0.05) is 24.3 Å². The number of halogens is 1. The molecule has 0 spiro atoms. The van der Waals surface area contributed by atoms with Gasteiger partial charge in [0.25, 0.3) is 4.38 Å². The van der Waals surface area contributed by atoms with Crippen LogP contribution < -0.4 is 17.0 Å². The minimum Gasteiger partial charge on any atom is -1.00 e. The molecule has 2 rings (SSSR count). The van der Waals surface area contributed by atoms with E-state index in [0.29, 0.717) is 0 Å². The fraction of sp³-hybridized carbons (Fsp3) is 0.857. The van der Waals surface area contributed by atoms with Crippen molar-refractivity contribution < 1.29 is 21.6 Å². The molecular formula is C7H12BrNS2. The molecule has 1 nitrogen and oxygen atoms in total. The highest BCUT2D eigenvalue weighted by molar-refractivity contribution is 8.38. The summed E-state index contributed by atoms with van der Waals surface area (Å²) in [5.41, 5.74) is 0. The van der Waals surface area contributed by atoms with E-state index < -0.39 is 0 Å². The average molecular weight is 254 g/mol. The first-order valence-electron chi connectivity index (χ1n) is 3.84. The first-order chi connectivity index (χ1) is 4.97. The molecular weight excluding hydrogens is 242 g/mol. The fourth-order valence-corrected chi connectivity index (χ4v) is 3.81. The lowest BCUT2D eigenvalue weighted by atomic mass is 10.4. The molecule has 2 aliphatic rings. The van der Waals surface area contributed by atoms with Crippen LogP contribution >= 0.6 is 23.5 Å². The molecule has 4 heteroatoms. The average Bonchev–Trinajstić information content (AvgIpc) is 2.05. The summed E-state index contributed by atoms with van der Waals surface area (Å²) < 4.78 is 4.14. The summed E-state index contributed by atoms with van der Waals surface area (Å²) in [5.74, 6) is 2.69. The molecule has 11 heavy (non-hydrogen) atoms. The largest absolute Gasteiger partial charge is 1.00 e. The third-order valence-corrected chi connectivity index (χ3v) is 4.56. The minimum absolute atomic E-state index is 0. The van der Waals surface area contributed by atoms with E-state index in [9.17, 15) is 0 Å². The lowest BCUT2D eigenvalue weighted by Gasteiger charge is -2.17. The van der Waals surface area contributed by atoms with E-state index in [-0.39, 0.29) is 17.0 Å². The molecule has 0 atom stereocenters. The first-order valence-corrected chi connectivity index (χ1v) is 5.81. The zero-order valence-corrected chi connectivity index (χ0v) is 9.60. The van der Waals surface area contributed by atoms with Crippen molar-refractivity contribution in [3.8, 4) is 0 Å². The van der Waals surface area contributed by atoms with E-state index in [0.717, 1.165) is 0 Å². The Morgan fingerprint density at radius 3 is 2.00 bits per heavy atom. The van der Waals surface area contributed by atoms with Crippen molar-refractivity contribution in [1.29, 1.82) is 0 Å². The molecule has 0 aromatic heterocycles. The topological polar surface area (TPSA) is 3.01 Å². The van der Waals surface area contributed by atoms with E-state index >= 15 is 0 Å². The van der Waals surface area contributed by atoms with Crippen LogP contribution in [0.5, 0.6) is 0 Å². The SMILES string of the molecule is C1CSC2=[N+](C1)CCCS2.[Br-]. The molecule has 0 aliphatic carbocycles. The van der Waals surface area contributed by atoms with Crippen molar-refractivity contribution in [1.82, 2.24) is 0 Å². The summed E-state index contributed by atoms with van der Waals surface area (Å²) in [5, 5.41) is 0. The van der Waals surface area contributed by atoms with E-state index in [2.05, 4.69) is 28.1 Å². The Morgan fingerprint density at radius 2 is 1.55 bits per heavy atom. The predicted octanol–water partition coefficient (Wildman–Crippen LogP) is -1.37. The Balaban J connectivity index is 0.000000605. The number of rotatable bonds is 0. The molecule has 0 aromatic carbocycles. The van der Waals surface area contributed by atoms with Gasteiger partial charge in [-0.2, -0.15) is 0 Å². The summed E-state index contributed by atoms with van der Waals surface area (Å²) in [7, 11) is 0. The van der Waals surface area contributed by atoms with Gasteiger partial charge in [-0.1, -0.05) is 0 Å². The molecule has 64 valence electrons. The van der Waals surface area contributed by atoms with Crippen LogP contribution in [0.4, 0.5) is 0 Å². The van der Waals surface area contributed by atoms with Crippen molar-refractivity contribution in [3.63, 3.8) is 0 Å². The van der Waals surface area contributed by atoms with E-state index in [1.54, 1.807) is 4.38 Å². The number of nitrogens with zero attached hydrogens (tertiary/aromatic N) is 1. The maximum Gasteiger partial charge on any atom is 0.269 e. The molecule has 0 unspecified atom stereocenters. The smallest absolute Gasteiger partial charge is 0.269 e. The van der Waals surface area contributed by atoms with E-state index in [1.807, 2.05) is 0 Å². The lowest BCUT2D eigenvalue weighted by molar-refractivity contribution is -0.524. The van der Waals surface area contributed by atoms with Crippen molar-refractivity contribution in [2.45, 2.75) is 12.8 Å². The Morgan fingerprint density at radius 1 is 1.00 bits per heavy atom. The Bertz CT molecular complexity index is 136. The summed E-state index contributed by atoms with van der Waals surface area (Å²) in [4.78, 5) is 0. The highest BCUT2D eigenvalue weighted by atomic mass is 79.9. The number of thioether (sulfide) groups is 2. The molecule has 0 fully saturated rings. The third-order valence-electron chi connectivity index (χ3n) is 1.85. The Kier molecular flexibility index (Phi) is 4.31. The monoisotopic (exact) mass is 253 g/mol. The van der Waals surface area contributed by atoms with Crippen molar-refractivity contribution >= 4 is 27.9 Å². The molecule has 0 amide bonds. The standard InChI is InChI=1S/C7H12NS2.BrH/c1-3-8-4-2-6-10-7(8)9-5-1;/h1-6H2;1H/q+1;/p-1. The summed E-state index contributed by atoms with van der Waals surface area (Å²) >= 11 is 4.11. The van der Waals surface area contributed by atoms with Crippen LogP contribution in [0.15, 0.2) is 0 Å². The molecule has 0 bridgehead atoms. The predicted molar refractivity (Wildman–Crippen MR) is 49.2 cm³/mol. The van der Waals surface area contributed by atoms with Crippen LogP contribution in [0, 0.1) is 0 Å². The lowest BCUT2D eigenvalue weighted by Crippen LogP contribution is -3.00. The van der Waals surface area contributed by atoms with Gasteiger partial charge in [-0.25, -0.2) is 4.58 Å². The normalized spacial score (nSPS) is 24.0. The minimum atomic E-state index is 0. The summed E-state index contributed by atoms with van der Waals surface area (Å²) in [6.45, 7) is 2.63. The van der Waals surface area contributed by atoms with Gasteiger partial charge in [0.1, 0.15) is 13.1 Å². The third kappa shape index (κ3) is 2.39. The van der Waals surface area contributed by atoms with Crippen LogP contribution in [0.2, 0.25) is 0 Å². The van der Waals surface area contributed by atoms with Gasteiger partial charge >= 0.3 is 0 Å². The van der Waals surface area contributed by atoms with Gasteiger partial charge in [0.05, 0.1) is 0 Å². The van der Waals surface area contributed by atoms with Crippen LogP contribution in [0.1, 0.15) is 12.8 Å². The van der Waals surface area contributed by atoms with Crippen molar-refractivity contribution in [2.75, 3.05) is 24.6 Å². The van der Waals surface area contributed by atoms with Gasteiger partial charge in [-0.3, -0.25) is 0 Å². The van der Waals surface area contributed by atoms with E-state index in [4.69, 9.17) is 0 Å². The van der Waals surface area contributed by atoms with Crippen LogP contribution in [0.3, 0.4) is 0 Å². The highest BCUT2D eigenvalue weighted by Gasteiger charge is 2.23. The molecule has 0 aromatic rings. The molecule has 2 heterocycles. The second-order valence-corrected chi connectivity index (χ2v) is 5.08. The van der Waals surface area contributed by atoms with Crippen LogP contribution in [-0.2, 0) is 0 Å².